The Bertz CT molecular complexity index is 274. The predicted molar refractivity (Wildman–Crippen MR) is 67.3 cm³/mol. The average Bonchev–Trinajstić information content (AvgIpc) is 2.16. The van der Waals surface area contributed by atoms with Gasteiger partial charge >= 0.3 is 0 Å². The first-order valence-corrected chi connectivity index (χ1v) is 6.37. The number of benzene rings is 1. The second-order valence-electron chi connectivity index (χ2n) is 4.36. The molecule has 0 bridgehead atoms. The van der Waals surface area contributed by atoms with Gasteiger partial charge in [-0.25, -0.2) is 0 Å². The van der Waals surface area contributed by atoms with Crippen LogP contribution >= 0.6 is 15.9 Å². The van der Waals surface area contributed by atoms with Gasteiger partial charge in [0.25, 0.3) is 0 Å². The van der Waals surface area contributed by atoms with E-state index in [0.29, 0.717) is 11.8 Å². The van der Waals surface area contributed by atoms with Crippen LogP contribution < -0.4 is 0 Å². The van der Waals surface area contributed by atoms with Crippen LogP contribution in [0.25, 0.3) is 0 Å². The van der Waals surface area contributed by atoms with Gasteiger partial charge in [-0.2, -0.15) is 0 Å². The molecule has 0 aliphatic heterocycles. The minimum atomic E-state index is 0.612. The lowest BCUT2D eigenvalue weighted by Gasteiger charge is -2.17. The van der Waals surface area contributed by atoms with Gasteiger partial charge in [0.1, 0.15) is 0 Å². The molecule has 0 atom stereocenters. The lowest BCUT2D eigenvalue weighted by atomic mass is 9.90. The highest BCUT2D eigenvalue weighted by atomic mass is 79.9. The molecule has 1 aromatic rings. The zero-order chi connectivity index (χ0) is 10.7. The van der Waals surface area contributed by atoms with Gasteiger partial charge in [0.05, 0.1) is 0 Å². The van der Waals surface area contributed by atoms with Crippen molar-refractivity contribution in [3.63, 3.8) is 0 Å². The molecule has 0 aromatic heterocycles. The van der Waals surface area contributed by atoms with Crippen molar-refractivity contribution in [3.05, 3.63) is 34.9 Å². The summed E-state index contributed by atoms with van der Waals surface area (Å²) in [7, 11) is 0. The van der Waals surface area contributed by atoms with Gasteiger partial charge in [-0.15, -0.1) is 0 Å². The van der Waals surface area contributed by atoms with E-state index in [1.165, 1.54) is 16.7 Å². The summed E-state index contributed by atoms with van der Waals surface area (Å²) in [6, 6.07) is 6.66. The molecule has 1 heteroatoms. The first-order chi connectivity index (χ1) is 6.57. The minimum Gasteiger partial charge on any atom is -0.0876 e. The fourth-order valence-corrected chi connectivity index (χ4v) is 2.51. The van der Waals surface area contributed by atoms with E-state index in [9.17, 15) is 0 Å². The SMILES string of the molecule is CC(C)c1cccc(C(C)C)c1CBr. The number of halogens is 1. The lowest BCUT2D eigenvalue weighted by molar-refractivity contribution is 0.815. The molecule has 0 saturated carbocycles. The van der Waals surface area contributed by atoms with Crippen molar-refractivity contribution in [2.75, 3.05) is 0 Å². The summed E-state index contributed by atoms with van der Waals surface area (Å²) >= 11 is 3.60. The Hall–Kier alpha value is -0.300. The second-order valence-corrected chi connectivity index (χ2v) is 4.92. The highest BCUT2D eigenvalue weighted by Gasteiger charge is 2.11. The summed E-state index contributed by atoms with van der Waals surface area (Å²) in [4.78, 5) is 0. The van der Waals surface area contributed by atoms with Crippen LogP contribution in [0.1, 0.15) is 56.2 Å². The van der Waals surface area contributed by atoms with Crippen LogP contribution in [-0.4, -0.2) is 0 Å². The fraction of sp³-hybridized carbons (Fsp3) is 0.538. The molecule has 0 nitrogen and oxygen atoms in total. The molecule has 0 unspecified atom stereocenters. The topological polar surface area (TPSA) is 0 Å². The maximum Gasteiger partial charge on any atom is 0.0288 e. The Morgan fingerprint density at radius 2 is 1.43 bits per heavy atom. The summed E-state index contributed by atoms with van der Waals surface area (Å²) in [6.45, 7) is 9.02. The molecule has 0 saturated heterocycles. The maximum atomic E-state index is 3.60. The van der Waals surface area contributed by atoms with Gasteiger partial charge in [0, 0.05) is 5.33 Å². The smallest absolute Gasteiger partial charge is 0.0288 e. The van der Waals surface area contributed by atoms with E-state index in [-0.39, 0.29) is 0 Å². The molecular weight excluding hydrogens is 236 g/mol. The first kappa shape index (κ1) is 11.8. The van der Waals surface area contributed by atoms with Crippen LogP contribution in [0.5, 0.6) is 0 Å². The molecule has 0 heterocycles. The van der Waals surface area contributed by atoms with E-state index in [0.717, 1.165) is 5.33 Å². The zero-order valence-corrected chi connectivity index (χ0v) is 11.1. The van der Waals surface area contributed by atoms with E-state index in [2.05, 4.69) is 61.8 Å². The Balaban J connectivity index is 3.25. The third kappa shape index (κ3) is 2.38. The normalized spacial score (nSPS) is 11.4. The quantitative estimate of drug-likeness (QED) is 0.679. The third-order valence-electron chi connectivity index (χ3n) is 2.63. The van der Waals surface area contributed by atoms with E-state index < -0.39 is 0 Å². The van der Waals surface area contributed by atoms with Crippen molar-refractivity contribution in [1.82, 2.24) is 0 Å². The number of hydrogen-bond donors (Lipinski definition) is 0. The predicted octanol–water partition coefficient (Wildman–Crippen LogP) is 4.83. The molecule has 0 N–H and O–H groups in total. The minimum absolute atomic E-state index is 0.612. The summed E-state index contributed by atoms with van der Waals surface area (Å²) in [6.07, 6.45) is 0. The average molecular weight is 255 g/mol. The Kier molecular flexibility index (Phi) is 4.18. The van der Waals surface area contributed by atoms with Crippen LogP contribution in [0.4, 0.5) is 0 Å². The van der Waals surface area contributed by atoms with Gasteiger partial charge in [-0.05, 0) is 28.5 Å². The Morgan fingerprint density at radius 1 is 1.00 bits per heavy atom. The first-order valence-electron chi connectivity index (χ1n) is 5.25. The highest BCUT2D eigenvalue weighted by Crippen LogP contribution is 2.29. The van der Waals surface area contributed by atoms with Gasteiger partial charge < -0.3 is 0 Å². The van der Waals surface area contributed by atoms with Crippen molar-refractivity contribution in [1.29, 1.82) is 0 Å². The lowest BCUT2D eigenvalue weighted by Crippen LogP contribution is -2.01. The van der Waals surface area contributed by atoms with Crippen LogP contribution in [0.2, 0.25) is 0 Å². The molecule has 0 spiro atoms. The highest BCUT2D eigenvalue weighted by molar-refractivity contribution is 9.08. The number of hydrogen-bond acceptors (Lipinski definition) is 0. The van der Waals surface area contributed by atoms with Crippen LogP contribution in [0, 0.1) is 0 Å². The van der Waals surface area contributed by atoms with E-state index >= 15 is 0 Å². The molecule has 0 amide bonds. The van der Waals surface area contributed by atoms with Crippen molar-refractivity contribution in [2.24, 2.45) is 0 Å². The monoisotopic (exact) mass is 254 g/mol. The molecule has 1 rings (SSSR count). The fourth-order valence-electron chi connectivity index (χ4n) is 1.86. The summed E-state index contributed by atoms with van der Waals surface area (Å²) in [5, 5.41) is 0.967. The molecule has 0 radical (unpaired) electrons. The molecular formula is C13H19Br. The van der Waals surface area contributed by atoms with Gasteiger partial charge in [0.15, 0.2) is 0 Å². The summed E-state index contributed by atoms with van der Waals surface area (Å²) in [5.41, 5.74) is 4.44. The van der Waals surface area contributed by atoms with E-state index in [4.69, 9.17) is 0 Å². The van der Waals surface area contributed by atoms with Crippen molar-refractivity contribution < 1.29 is 0 Å². The number of rotatable bonds is 3. The third-order valence-corrected chi connectivity index (χ3v) is 3.19. The molecule has 14 heavy (non-hydrogen) atoms. The van der Waals surface area contributed by atoms with Crippen molar-refractivity contribution in [2.45, 2.75) is 44.9 Å². The molecule has 0 aliphatic rings. The Labute approximate surface area is 95.9 Å². The summed E-state index contributed by atoms with van der Waals surface area (Å²) < 4.78 is 0. The molecule has 0 aliphatic carbocycles. The van der Waals surface area contributed by atoms with E-state index in [1.807, 2.05) is 0 Å². The van der Waals surface area contributed by atoms with Crippen LogP contribution in [-0.2, 0) is 5.33 Å². The second kappa shape index (κ2) is 4.97. The van der Waals surface area contributed by atoms with Gasteiger partial charge in [-0.3, -0.25) is 0 Å². The molecule has 78 valence electrons. The van der Waals surface area contributed by atoms with Crippen LogP contribution in [0.15, 0.2) is 18.2 Å². The van der Waals surface area contributed by atoms with Crippen molar-refractivity contribution in [3.8, 4) is 0 Å². The zero-order valence-electron chi connectivity index (χ0n) is 9.47. The van der Waals surface area contributed by atoms with Crippen molar-refractivity contribution >= 4 is 15.9 Å². The largest absolute Gasteiger partial charge is 0.0876 e. The standard InChI is InChI=1S/C13H19Br/c1-9(2)11-6-5-7-12(10(3)4)13(11)8-14/h5-7,9-10H,8H2,1-4H3. The van der Waals surface area contributed by atoms with Crippen LogP contribution in [0.3, 0.4) is 0 Å². The summed E-state index contributed by atoms with van der Waals surface area (Å²) in [5.74, 6) is 1.22. The maximum absolute atomic E-state index is 3.60. The number of alkyl halides is 1. The van der Waals surface area contributed by atoms with E-state index in [1.54, 1.807) is 0 Å². The molecule has 1 aromatic carbocycles. The van der Waals surface area contributed by atoms with Gasteiger partial charge in [-0.1, -0.05) is 61.8 Å². The van der Waals surface area contributed by atoms with Gasteiger partial charge in [0.2, 0.25) is 0 Å². The molecule has 0 fully saturated rings. The Morgan fingerprint density at radius 3 is 1.71 bits per heavy atom.